The van der Waals surface area contributed by atoms with E-state index in [1.807, 2.05) is 18.2 Å². The van der Waals surface area contributed by atoms with Crippen LogP contribution in [0.25, 0.3) is 0 Å². The van der Waals surface area contributed by atoms with Crippen LogP contribution < -0.4 is 0 Å². The second-order valence-electron chi connectivity index (χ2n) is 8.72. The minimum atomic E-state index is -4.44. The summed E-state index contributed by atoms with van der Waals surface area (Å²) in [6.07, 6.45) is 4.75. The predicted octanol–water partition coefficient (Wildman–Crippen LogP) is 6.05. The van der Waals surface area contributed by atoms with Crippen LogP contribution in [0.1, 0.15) is 53.9 Å². The van der Waals surface area contributed by atoms with Gasteiger partial charge in [-0.05, 0) is 47.2 Å². The van der Waals surface area contributed by atoms with Crippen molar-refractivity contribution in [3.8, 4) is 0 Å². The third kappa shape index (κ3) is 7.44. The first kappa shape index (κ1) is 24.0. The zero-order valence-corrected chi connectivity index (χ0v) is 20.3. The summed E-state index contributed by atoms with van der Waals surface area (Å²) in [6.45, 7) is -0.144. The molecule has 0 radical (unpaired) electrons. The van der Waals surface area contributed by atoms with Crippen LogP contribution in [-0.4, -0.2) is 18.2 Å². The lowest BCUT2D eigenvalue weighted by Crippen LogP contribution is -2.30. The summed E-state index contributed by atoms with van der Waals surface area (Å²) in [5.41, 5.74) is 4.81. The molecule has 6 heteroatoms. The van der Waals surface area contributed by atoms with E-state index in [1.54, 1.807) is 0 Å². The summed E-state index contributed by atoms with van der Waals surface area (Å²) in [6, 6.07) is 29.6. The summed E-state index contributed by atoms with van der Waals surface area (Å²) in [5.74, 6) is 2.67. The molecule has 1 saturated carbocycles. The van der Waals surface area contributed by atoms with Gasteiger partial charge in [0.2, 0.25) is 0 Å². The zero-order chi connectivity index (χ0) is 23.1. The van der Waals surface area contributed by atoms with Gasteiger partial charge in [-0.25, -0.2) is 4.18 Å². The van der Waals surface area contributed by atoms with Crippen LogP contribution in [0.5, 0.6) is 0 Å². The van der Waals surface area contributed by atoms with Crippen LogP contribution in [-0.2, 0) is 43.6 Å². The normalized spacial score (nSPS) is 19.0. The fourth-order valence-corrected chi connectivity index (χ4v) is 7.80. The molecule has 2 unspecified atom stereocenters. The first-order valence-electron chi connectivity index (χ1n) is 11.4. The van der Waals surface area contributed by atoms with Crippen LogP contribution in [0.4, 0.5) is 0 Å². The number of benzene rings is 3. The zero-order valence-electron chi connectivity index (χ0n) is 18.7. The van der Waals surface area contributed by atoms with E-state index in [4.69, 9.17) is 4.55 Å². The molecule has 4 nitrogen and oxygen atoms in total. The summed E-state index contributed by atoms with van der Waals surface area (Å²) < 4.78 is 35.4. The highest BCUT2D eigenvalue weighted by molar-refractivity contribution is 7.96. The van der Waals surface area contributed by atoms with Crippen molar-refractivity contribution in [3.63, 3.8) is 0 Å². The van der Waals surface area contributed by atoms with Crippen molar-refractivity contribution in [2.45, 2.75) is 55.0 Å². The van der Waals surface area contributed by atoms with E-state index in [9.17, 15) is 8.42 Å². The van der Waals surface area contributed by atoms with Crippen molar-refractivity contribution in [1.82, 2.24) is 0 Å². The highest BCUT2D eigenvalue weighted by Gasteiger charge is 2.36. The second kappa shape index (κ2) is 11.3. The van der Waals surface area contributed by atoms with E-state index in [1.165, 1.54) is 29.5 Å². The molecule has 1 fully saturated rings. The molecule has 3 aromatic carbocycles. The Morgan fingerprint density at radius 2 is 1.42 bits per heavy atom. The van der Waals surface area contributed by atoms with Gasteiger partial charge in [-0.2, -0.15) is 8.42 Å². The van der Waals surface area contributed by atoms with Gasteiger partial charge in [-0.1, -0.05) is 84.9 Å². The predicted molar refractivity (Wildman–Crippen MR) is 135 cm³/mol. The van der Waals surface area contributed by atoms with Crippen molar-refractivity contribution in [3.05, 3.63) is 107 Å². The lowest BCUT2D eigenvalue weighted by molar-refractivity contribution is 0.259. The summed E-state index contributed by atoms with van der Waals surface area (Å²) in [7, 11) is -4.20. The molecule has 174 valence electrons. The Morgan fingerprint density at radius 3 is 2.03 bits per heavy atom. The molecule has 0 heterocycles. The Balaban J connectivity index is 1.50. The first-order valence-corrected chi connectivity index (χ1v) is 14.4. The molecule has 2 atom stereocenters. The Labute approximate surface area is 200 Å². The Hall–Kier alpha value is -2.12. The van der Waals surface area contributed by atoms with Crippen LogP contribution in [0, 0.1) is 0 Å². The molecule has 1 N–H and O–H groups in total. The molecule has 1 aliphatic carbocycles. The highest BCUT2D eigenvalue weighted by Crippen LogP contribution is 2.38. The Bertz CT molecular complexity index is 1080. The standard InChI is InChI=1S/C27H30O4S2/c28-33(29,30)31-19-24-13-7-14-25(17-24)26-15-8-16-27(18-26)32(20-22-9-3-1-4-10-22)21-23-11-5-2-6-12-23/h1-7,9-14,17,26-27H,8,15-16,18-21H2/p+1. The molecule has 3 aromatic rings. The van der Waals surface area contributed by atoms with Gasteiger partial charge in [0.25, 0.3) is 0 Å². The minimum absolute atomic E-state index is 0.144. The van der Waals surface area contributed by atoms with E-state index in [0.717, 1.165) is 29.9 Å². The van der Waals surface area contributed by atoms with Crippen LogP contribution >= 0.6 is 0 Å². The lowest BCUT2D eigenvalue weighted by atomic mass is 9.83. The topological polar surface area (TPSA) is 63.6 Å². The minimum Gasteiger partial charge on any atom is -0.264 e. The van der Waals surface area contributed by atoms with E-state index < -0.39 is 10.4 Å². The van der Waals surface area contributed by atoms with Gasteiger partial charge < -0.3 is 0 Å². The molecule has 0 aliphatic heterocycles. The van der Waals surface area contributed by atoms with Crippen molar-refractivity contribution in [2.24, 2.45) is 0 Å². The average molecular weight is 484 g/mol. The van der Waals surface area contributed by atoms with Gasteiger partial charge in [-0.3, -0.25) is 4.55 Å². The average Bonchev–Trinajstić information content (AvgIpc) is 2.84. The molecule has 4 rings (SSSR count). The molecular weight excluding hydrogens is 452 g/mol. The van der Waals surface area contributed by atoms with Crippen LogP contribution in [0.3, 0.4) is 0 Å². The largest absolute Gasteiger partial charge is 0.397 e. The number of hydrogen-bond donors (Lipinski definition) is 1. The number of hydrogen-bond acceptors (Lipinski definition) is 3. The SMILES string of the molecule is O=S(=O)(O)OCc1cccc(C2CCCC([S+](Cc3ccccc3)Cc3ccccc3)C2)c1. The van der Waals surface area contributed by atoms with Gasteiger partial charge in [0.05, 0.1) is 6.61 Å². The van der Waals surface area contributed by atoms with Crippen LogP contribution in [0.15, 0.2) is 84.9 Å². The van der Waals surface area contributed by atoms with Gasteiger partial charge in [0.1, 0.15) is 16.8 Å². The summed E-state index contributed by atoms with van der Waals surface area (Å²) in [5, 5.41) is 0.655. The van der Waals surface area contributed by atoms with Gasteiger partial charge in [0.15, 0.2) is 0 Å². The van der Waals surface area contributed by atoms with Crippen LogP contribution in [0.2, 0.25) is 0 Å². The Kier molecular flexibility index (Phi) is 8.25. The maximum absolute atomic E-state index is 10.9. The summed E-state index contributed by atoms with van der Waals surface area (Å²) >= 11 is 0. The maximum Gasteiger partial charge on any atom is 0.397 e. The van der Waals surface area contributed by atoms with Gasteiger partial charge >= 0.3 is 10.4 Å². The molecule has 0 amide bonds. The van der Waals surface area contributed by atoms with Gasteiger partial charge in [-0.15, -0.1) is 0 Å². The third-order valence-electron chi connectivity index (χ3n) is 6.28. The van der Waals surface area contributed by atoms with Crippen molar-refractivity contribution < 1.29 is 17.2 Å². The van der Waals surface area contributed by atoms with Crippen molar-refractivity contribution >= 4 is 21.3 Å². The summed E-state index contributed by atoms with van der Waals surface area (Å²) in [4.78, 5) is 0. The van der Waals surface area contributed by atoms with E-state index >= 15 is 0 Å². The maximum atomic E-state index is 10.9. The molecule has 0 aromatic heterocycles. The smallest absolute Gasteiger partial charge is 0.264 e. The van der Waals surface area contributed by atoms with E-state index in [0.29, 0.717) is 11.2 Å². The highest BCUT2D eigenvalue weighted by atomic mass is 32.3. The molecular formula is C27H31O4S2+. The lowest BCUT2D eigenvalue weighted by Gasteiger charge is -2.30. The van der Waals surface area contributed by atoms with Gasteiger partial charge in [0, 0.05) is 17.5 Å². The molecule has 33 heavy (non-hydrogen) atoms. The van der Waals surface area contributed by atoms with Crippen molar-refractivity contribution in [1.29, 1.82) is 0 Å². The van der Waals surface area contributed by atoms with Crippen molar-refractivity contribution in [2.75, 3.05) is 0 Å². The molecule has 0 spiro atoms. The fourth-order valence-electron chi connectivity index (χ4n) is 4.69. The van der Waals surface area contributed by atoms with E-state index in [-0.39, 0.29) is 17.5 Å². The fraction of sp³-hybridized carbons (Fsp3) is 0.333. The Morgan fingerprint density at radius 1 is 0.818 bits per heavy atom. The monoisotopic (exact) mass is 483 g/mol. The number of rotatable bonds is 9. The van der Waals surface area contributed by atoms with E-state index in [2.05, 4.69) is 70.9 Å². The molecule has 1 aliphatic rings. The first-order chi connectivity index (χ1) is 16.0. The molecule has 0 bridgehead atoms. The third-order valence-corrected chi connectivity index (χ3v) is 9.48. The molecule has 0 saturated heterocycles. The second-order valence-corrected chi connectivity index (χ2v) is 12.1. The quantitative estimate of drug-likeness (QED) is 0.297.